The van der Waals surface area contributed by atoms with Crippen molar-refractivity contribution in [2.75, 3.05) is 32.2 Å². The van der Waals surface area contributed by atoms with Crippen LogP contribution in [0.2, 0.25) is 0 Å². The van der Waals surface area contributed by atoms with E-state index in [1.165, 1.54) is 6.07 Å². The molecule has 1 saturated heterocycles. The maximum absolute atomic E-state index is 12.9. The Bertz CT molecular complexity index is 546. The molecule has 0 radical (unpaired) electrons. The van der Waals surface area contributed by atoms with Crippen molar-refractivity contribution in [3.8, 4) is 6.07 Å². The van der Waals surface area contributed by atoms with Crippen LogP contribution < -0.4 is 5.32 Å². The Labute approximate surface area is 120 Å². The van der Waals surface area contributed by atoms with Crippen LogP contribution in [-0.2, 0) is 15.7 Å². The van der Waals surface area contributed by atoms with E-state index in [2.05, 4.69) is 5.32 Å². The molecule has 0 saturated carbocycles. The fourth-order valence-electron chi connectivity index (χ4n) is 2.21. The number of methoxy groups -OCH3 is 1. The minimum Gasteiger partial charge on any atom is -0.382 e. The lowest BCUT2D eigenvalue weighted by atomic mass is 10.0. The summed E-state index contributed by atoms with van der Waals surface area (Å²) in [7, 11) is 1.55. The summed E-state index contributed by atoms with van der Waals surface area (Å²) in [5.74, 6) is 0. The summed E-state index contributed by atoms with van der Waals surface area (Å²) in [6, 6.07) is 5.11. The van der Waals surface area contributed by atoms with Crippen molar-refractivity contribution in [1.82, 2.24) is 0 Å². The molecule has 1 fully saturated rings. The Morgan fingerprint density at radius 3 is 2.76 bits per heavy atom. The van der Waals surface area contributed by atoms with Gasteiger partial charge in [0.15, 0.2) is 0 Å². The molecule has 1 aromatic carbocycles. The van der Waals surface area contributed by atoms with Gasteiger partial charge in [0.2, 0.25) is 0 Å². The number of alkyl halides is 3. The summed E-state index contributed by atoms with van der Waals surface area (Å²) < 4.78 is 49.3. The molecule has 1 N–H and O–H groups in total. The van der Waals surface area contributed by atoms with Crippen LogP contribution >= 0.6 is 0 Å². The summed E-state index contributed by atoms with van der Waals surface area (Å²) >= 11 is 0. The highest BCUT2D eigenvalue weighted by molar-refractivity contribution is 5.53. The van der Waals surface area contributed by atoms with Crippen LogP contribution in [-0.4, -0.2) is 32.5 Å². The SMILES string of the molecule is COC1(CNc2ccc(C#N)c(C(F)(F)F)c2)CCOC1. The van der Waals surface area contributed by atoms with Gasteiger partial charge in [0.1, 0.15) is 5.60 Å². The molecule has 0 bridgehead atoms. The molecule has 1 aliphatic heterocycles. The van der Waals surface area contributed by atoms with Crippen molar-refractivity contribution in [2.45, 2.75) is 18.2 Å². The van der Waals surface area contributed by atoms with Crippen molar-refractivity contribution >= 4 is 5.69 Å². The summed E-state index contributed by atoms with van der Waals surface area (Å²) in [5.41, 5.74) is -1.56. The van der Waals surface area contributed by atoms with Gasteiger partial charge in [0, 0.05) is 32.4 Å². The molecule has 114 valence electrons. The van der Waals surface area contributed by atoms with Gasteiger partial charge in [-0.25, -0.2) is 0 Å². The maximum atomic E-state index is 12.9. The van der Waals surface area contributed by atoms with E-state index in [1.807, 2.05) is 0 Å². The minimum absolute atomic E-state index is 0.296. The zero-order chi connectivity index (χ0) is 15.5. The first-order chi connectivity index (χ1) is 9.90. The summed E-state index contributed by atoms with van der Waals surface area (Å²) in [4.78, 5) is 0. The second kappa shape index (κ2) is 5.92. The number of halogens is 3. The molecular formula is C14H15F3N2O2. The van der Waals surface area contributed by atoms with E-state index < -0.39 is 22.9 Å². The first-order valence-electron chi connectivity index (χ1n) is 6.38. The highest BCUT2D eigenvalue weighted by atomic mass is 19.4. The van der Waals surface area contributed by atoms with Crippen molar-refractivity contribution < 1.29 is 22.6 Å². The molecule has 0 amide bonds. The van der Waals surface area contributed by atoms with E-state index in [4.69, 9.17) is 14.7 Å². The molecule has 4 nitrogen and oxygen atoms in total. The molecular weight excluding hydrogens is 285 g/mol. The van der Waals surface area contributed by atoms with Crippen molar-refractivity contribution in [2.24, 2.45) is 0 Å². The summed E-state index contributed by atoms with van der Waals surface area (Å²) in [5, 5.41) is 11.7. The van der Waals surface area contributed by atoms with Gasteiger partial charge in [-0.2, -0.15) is 18.4 Å². The third-order valence-corrected chi connectivity index (χ3v) is 3.56. The molecule has 0 spiro atoms. The Morgan fingerprint density at radius 2 is 2.24 bits per heavy atom. The summed E-state index contributed by atoms with van der Waals surface area (Å²) in [6.07, 6.45) is -3.88. The Kier molecular flexibility index (Phi) is 4.40. The number of ether oxygens (including phenoxy) is 2. The summed E-state index contributed by atoms with van der Waals surface area (Å²) in [6.45, 7) is 1.31. The van der Waals surface area contributed by atoms with Gasteiger partial charge < -0.3 is 14.8 Å². The van der Waals surface area contributed by atoms with Crippen molar-refractivity contribution in [1.29, 1.82) is 5.26 Å². The molecule has 1 unspecified atom stereocenters. The number of nitriles is 1. The van der Waals surface area contributed by atoms with E-state index in [0.717, 1.165) is 12.1 Å². The highest BCUT2D eigenvalue weighted by Gasteiger charge is 2.36. The molecule has 1 aliphatic rings. The predicted molar refractivity (Wildman–Crippen MR) is 69.8 cm³/mol. The Hall–Kier alpha value is -1.78. The number of anilines is 1. The third kappa shape index (κ3) is 3.46. The van der Waals surface area contributed by atoms with Gasteiger partial charge in [-0.1, -0.05) is 0 Å². The normalized spacial score (nSPS) is 22.0. The lowest BCUT2D eigenvalue weighted by Crippen LogP contribution is -2.39. The number of nitrogens with one attached hydrogen (secondary N) is 1. The van der Waals surface area contributed by atoms with Gasteiger partial charge in [0.25, 0.3) is 0 Å². The number of nitrogens with zero attached hydrogens (tertiary/aromatic N) is 1. The maximum Gasteiger partial charge on any atom is 0.417 e. The van der Waals surface area contributed by atoms with Crippen LogP contribution in [0.15, 0.2) is 18.2 Å². The molecule has 7 heteroatoms. The number of hydrogen-bond donors (Lipinski definition) is 1. The second-order valence-corrected chi connectivity index (χ2v) is 4.91. The third-order valence-electron chi connectivity index (χ3n) is 3.56. The lowest BCUT2D eigenvalue weighted by Gasteiger charge is -2.26. The van der Waals surface area contributed by atoms with E-state index in [1.54, 1.807) is 13.2 Å². The smallest absolute Gasteiger partial charge is 0.382 e. The monoisotopic (exact) mass is 300 g/mol. The van der Waals surface area contributed by atoms with E-state index in [0.29, 0.717) is 31.9 Å². The van der Waals surface area contributed by atoms with Gasteiger partial charge in [-0.15, -0.1) is 0 Å². The number of benzene rings is 1. The van der Waals surface area contributed by atoms with Gasteiger partial charge >= 0.3 is 6.18 Å². The largest absolute Gasteiger partial charge is 0.417 e. The molecule has 21 heavy (non-hydrogen) atoms. The Morgan fingerprint density at radius 1 is 1.48 bits per heavy atom. The van der Waals surface area contributed by atoms with Gasteiger partial charge in [-0.05, 0) is 18.2 Å². The van der Waals surface area contributed by atoms with Crippen LogP contribution in [0, 0.1) is 11.3 Å². The first kappa shape index (κ1) is 15.6. The molecule has 1 atom stereocenters. The highest BCUT2D eigenvalue weighted by Crippen LogP contribution is 2.34. The standard InChI is InChI=1S/C14H15F3N2O2/c1-20-13(4-5-21-9-13)8-19-11-3-2-10(7-18)12(6-11)14(15,16)17/h2-3,6,19H,4-5,8-9H2,1H3. The molecule has 2 rings (SSSR count). The average Bonchev–Trinajstić information content (AvgIpc) is 2.93. The van der Waals surface area contributed by atoms with Gasteiger partial charge in [0.05, 0.1) is 23.8 Å². The second-order valence-electron chi connectivity index (χ2n) is 4.91. The van der Waals surface area contributed by atoms with Crippen LogP contribution in [0.3, 0.4) is 0 Å². The first-order valence-corrected chi connectivity index (χ1v) is 6.38. The molecule has 1 aromatic rings. The van der Waals surface area contributed by atoms with Crippen LogP contribution in [0.1, 0.15) is 17.5 Å². The van der Waals surface area contributed by atoms with Crippen LogP contribution in [0.25, 0.3) is 0 Å². The molecule has 1 heterocycles. The van der Waals surface area contributed by atoms with E-state index >= 15 is 0 Å². The molecule has 0 aromatic heterocycles. The van der Waals surface area contributed by atoms with Crippen molar-refractivity contribution in [3.05, 3.63) is 29.3 Å². The average molecular weight is 300 g/mol. The predicted octanol–water partition coefficient (Wildman–Crippen LogP) is 2.79. The number of rotatable bonds is 4. The van der Waals surface area contributed by atoms with Crippen molar-refractivity contribution in [3.63, 3.8) is 0 Å². The lowest BCUT2D eigenvalue weighted by molar-refractivity contribution is -0.137. The van der Waals surface area contributed by atoms with Gasteiger partial charge in [-0.3, -0.25) is 0 Å². The topological polar surface area (TPSA) is 54.3 Å². The Balaban J connectivity index is 2.16. The fourth-order valence-corrected chi connectivity index (χ4v) is 2.21. The van der Waals surface area contributed by atoms with E-state index in [9.17, 15) is 13.2 Å². The van der Waals surface area contributed by atoms with E-state index in [-0.39, 0.29) is 0 Å². The number of hydrogen-bond acceptors (Lipinski definition) is 4. The minimum atomic E-state index is -4.56. The zero-order valence-corrected chi connectivity index (χ0v) is 11.5. The van der Waals surface area contributed by atoms with Crippen LogP contribution in [0.5, 0.6) is 0 Å². The molecule has 0 aliphatic carbocycles. The quantitative estimate of drug-likeness (QED) is 0.929. The zero-order valence-electron chi connectivity index (χ0n) is 11.5. The fraction of sp³-hybridized carbons (Fsp3) is 0.500. The van der Waals surface area contributed by atoms with Crippen LogP contribution in [0.4, 0.5) is 18.9 Å².